The fraction of sp³-hybridized carbons (Fsp3) is 0.471. The van der Waals surface area contributed by atoms with Crippen LogP contribution in [0.3, 0.4) is 0 Å². The third-order valence-corrected chi connectivity index (χ3v) is 5.54. The maximum atomic E-state index is 12.6. The van der Waals surface area contributed by atoms with E-state index in [-0.39, 0.29) is 11.6 Å². The van der Waals surface area contributed by atoms with Gasteiger partial charge in [-0.2, -0.15) is 10.1 Å². The predicted octanol–water partition coefficient (Wildman–Crippen LogP) is 2.03. The minimum absolute atomic E-state index is 0.164. The lowest BCUT2D eigenvalue weighted by Crippen LogP contribution is -2.24. The van der Waals surface area contributed by atoms with Crippen molar-refractivity contribution in [2.75, 3.05) is 7.05 Å². The van der Waals surface area contributed by atoms with E-state index in [1.807, 2.05) is 27.8 Å². The first kappa shape index (κ1) is 18.4. The summed E-state index contributed by atoms with van der Waals surface area (Å²) in [5, 5.41) is 12.1. The first-order chi connectivity index (χ1) is 12.3. The number of nitrogens with one attached hydrogen (secondary N) is 1. The maximum absolute atomic E-state index is 12.6. The van der Waals surface area contributed by atoms with Crippen LogP contribution < -0.4 is 10.9 Å². The number of aryl methyl sites for hydroxylation is 3. The van der Waals surface area contributed by atoms with Crippen molar-refractivity contribution in [2.45, 2.75) is 40.2 Å². The van der Waals surface area contributed by atoms with Gasteiger partial charge in [0.15, 0.2) is 5.82 Å². The molecule has 26 heavy (non-hydrogen) atoms. The van der Waals surface area contributed by atoms with Gasteiger partial charge in [0, 0.05) is 19.5 Å². The van der Waals surface area contributed by atoms with Gasteiger partial charge in [0.2, 0.25) is 0 Å². The predicted molar refractivity (Wildman–Crippen MR) is 100 cm³/mol. The van der Waals surface area contributed by atoms with Crippen molar-refractivity contribution in [2.24, 2.45) is 7.05 Å². The topological polar surface area (TPSA) is 98.7 Å². The summed E-state index contributed by atoms with van der Waals surface area (Å²) in [6.45, 7) is 7.70. The van der Waals surface area contributed by atoms with Crippen molar-refractivity contribution in [3.8, 4) is 21.3 Å². The van der Waals surface area contributed by atoms with Crippen LogP contribution in [0.2, 0.25) is 0 Å². The molecule has 3 rings (SSSR count). The second-order valence-electron chi connectivity index (χ2n) is 6.36. The Morgan fingerprint density at radius 3 is 2.65 bits per heavy atom. The third kappa shape index (κ3) is 3.32. The van der Waals surface area contributed by atoms with Gasteiger partial charge in [0.1, 0.15) is 9.88 Å². The molecule has 1 N–H and O–H groups in total. The van der Waals surface area contributed by atoms with Crippen LogP contribution in [0.1, 0.15) is 29.7 Å². The lowest BCUT2D eigenvalue weighted by molar-refractivity contribution is 0.418. The zero-order valence-corrected chi connectivity index (χ0v) is 16.6. The summed E-state index contributed by atoms with van der Waals surface area (Å²) in [6.07, 6.45) is 0.675. The molecule has 0 aliphatic heterocycles. The van der Waals surface area contributed by atoms with Crippen LogP contribution in [-0.2, 0) is 13.5 Å². The Morgan fingerprint density at radius 2 is 1.96 bits per heavy atom. The van der Waals surface area contributed by atoms with Gasteiger partial charge in [-0.25, -0.2) is 9.67 Å². The van der Waals surface area contributed by atoms with Crippen molar-refractivity contribution in [1.29, 1.82) is 0 Å². The van der Waals surface area contributed by atoms with E-state index in [2.05, 4.69) is 32.5 Å². The van der Waals surface area contributed by atoms with E-state index in [0.29, 0.717) is 28.7 Å². The van der Waals surface area contributed by atoms with Crippen LogP contribution in [0.15, 0.2) is 9.32 Å². The fourth-order valence-electron chi connectivity index (χ4n) is 2.61. The molecule has 0 fully saturated rings. The van der Waals surface area contributed by atoms with Crippen molar-refractivity contribution in [1.82, 2.24) is 30.2 Å². The van der Waals surface area contributed by atoms with Gasteiger partial charge in [-0.3, -0.25) is 4.79 Å². The Morgan fingerprint density at radius 1 is 1.23 bits per heavy atom. The molecule has 0 aliphatic rings. The van der Waals surface area contributed by atoms with E-state index in [9.17, 15) is 4.79 Å². The number of rotatable bonds is 5. The highest BCUT2D eigenvalue weighted by Gasteiger charge is 2.21. The Balaban J connectivity index is 2.03. The molecule has 8 nitrogen and oxygen atoms in total. The van der Waals surface area contributed by atoms with Crippen LogP contribution in [0, 0.1) is 20.8 Å². The number of aromatic nitrogens is 5. The minimum atomic E-state index is -0.164. The molecule has 1 atom stereocenters. The first-order valence-corrected chi connectivity index (χ1v) is 9.16. The minimum Gasteiger partial charge on any atom is -0.333 e. The molecule has 138 valence electrons. The molecule has 0 bridgehead atoms. The molecule has 1 unspecified atom stereocenters. The Bertz CT molecular complexity index is 1000. The van der Waals surface area contributed by atoms with Crippen molar-refractivity contribution in [3.63, 3.8) is 0 Å². The first-order valence-electron chi connectivity index (χ1n) is 8.34. The molecule has 0 aromatic carbocycles. The molecule has 3 aromatic rings. The van der Waals surface area contributed by atoms with E-state index in [0.717, 1.165) is 21.8 Å². The molecule has 0 saturated carbocycles. The van der Waals surface area contributed by atoms with Crippen molar-refractivity contribution < 1.29 is 4.52 Å². The number of hydrogen-bond acceptors (Lipinski definition) is 8. The van der Waals surface area contributed by atoms with E-state index in [4.69, 9.17) is 4.52 Å². The highest BCUT2D eigenvalue weighted by Crippen LogP contribution is 2.34. The number of likely N-dealkylation sites (N-methyl/N-ethyl adjacent to an activating group) is 1. The molecule has 0 aliphatic carbocycles. The Labute approximate surface area is 155 Å². The van der Waals surface area contributed by atoms with Gasteiger partial charge in [-0.15, -0.1) is 11.3 Å². The molecule has 0 radical (unpaired) electrons. The van der Waals surface area contributed by atoms with Crippen LogP contribution in [0.5, 0.6) is 0 Å². The SMILES string of the molecule is CNC(C)Cc1noc(-c2sc(-c3c(C)c(C)nn(C)c3=O)nc2C)n1. The van der Waals surface area contributed by atoms with E-state index in [1.54, 1.807) is 7.05 Å². The van der Waals surface area contributed by atoms with Gasteiger partial charge in [0.25, 0.3) is 11.4 Å². The molecular weight excluding hydrogens is 352 g/mol. The van der Waals surface area contributed by atoms with E-state index < -0.39 is 0 Å². The number of nitrogens with zero attached hydrogens (tertiary/aromatic N) is 5. The van der Waals surface area contributed by atoms with Crippen molar-refractivity contribution in [3.05, 3.63) is 33.1 Å². The number of hydrogen-bond donors (Lipinski definition) is 1. The highest BCUT2D eigenvalue weighted by molar-refractivity contribution is 7.18. The molecule has 9 heteroatoms. The average Bonchev–Trinajstić information content (AvgIpc) is 3.19. The average molecular weight is 374 g/mol. The summed E-state index contributed by atoms with van der Waals surface area (Å²) in [5.74, 6) is 1.08. The molecule has 3 aromatic heterocycles. The molecule has 0 saturated heterocycles. The van der Waals surface area contributed by atoms with Gasteiger partial charge in [-0.1, -0.05) is 5.16 Å². The number of thiazole rings is 1. The Hall–Kier alpha value is -2.39. The van der Waals surface area contributed by atoms with Crippen molar-refractivity contribution >= 4 is 11.3 Å². The maximum Gasteiger partial charge on any atom is 0.277 e. The van der Waals surface area contributed by atoms with Crippen LogP contribution in [0.25, 0.3) is 21.3 Å². The van der Waals surface area contributed by atoms with Gasteiger partial charge < -0.3 is 9.84 Å². The van der Waals surface area contributed by atoms with Crippen LogP contribution in [0.4, 0.5) is 0 Å². The standard InChI is InChI=1S/C17H22N6O2S/c1-8(18-5)7-12-20-15(25-22-12)14-11(4)19-16(26-14)13-9(2)10(3)21-23(6)17(13)24/h8,18H,7H2,1-6H3. The zero-order chi connectivity index (χ0) is 19.0. The molecule has 0 amide bonds. The van der Waals surface area contributed by atoms with E-state index >= 15 is 0 Å². The lowest BCUT2D eigenvalue weighted by atomic mass is 10.1. The largest absolute Gasteiger partial charge is 0.333 e. The Kier molecular flexibility index (Phi) is 5.01. The molecule has 0 spiro atoms. The quantitative estimate of drug-likeness (QED) is 0.729. The van der Waals surface area contributed by atoms with Gasteiger partial charge in [0.05, 0.1) is 17.0 Å². The summed E-state index contributed by atoms with van der Waals surface area (Å²) in [5.41, 5.74) is 2.81. The second kappa shape index (κ2) is 7.08. The zero-order valence-electron chi connectivity index (χ0n) is 15.7. The summed E-state index contributed by atoms with van der Waals surface area (Å²) in [7, 11) is 3.54. The molecule has 3 heterocycles. The smallest absolute Gasteiger partial charge is 0.277 e. The summed E-state index contributed by atoms with van der Waals surface area (Å²) in [4.78, 5) is 22.4. The van der Waals surface area contributed by atoms with Crippen LogP contribution >= 0.6 is 11.3 Å². The summed E-state index contributed by atoms with van der Waals surface area (Å²) < 4.78 is 6.77. The normalized spacial score (nSPS) is 12.5. The second-order valence-corrected chi connectivity index (χ2v) is 7.36. The fourth-order valence-corrected chi connectivity index (χ4v) is 3.69. The highest BCUT2D eigenvalue weighted by atomic mass is 32.1. The third-order valence-electron chi connectivity index (χ3n) is 4.38. The summed E-state index contributed by atoms with van der Waals surface area (Å²) >= 11 is 1.39. The van der Waals surface area contributed by atoms with Gasteiger partial charge in [-0.05, 0) is 40.3 Å². The monoisotopic (exact) mass is 374 g/mol. The van der Waals surface area contributed by atoms with Crippen LogP contribution in [-0.4, -0.2) is 38.0 Å². The summed E-state index contributed by atoms with van der Waals surface area (Å²) in [6, 6.07) is 0.254. The van der Waals surface area contributed by atoms with E-state index in [1.165, 1.54) is 16.0 Å². The lowest BCUT2D eigenvalue weighted by Gasteiger charge is -2.07. The van der Waals surface area contributed by atoms with Gasteiger partial charge >= 0.3 is 0 Å². The molecular formula is C17H22N6O2S.